The summed E-state index contributed by atoms with van der Waals surface area (Å²) >= 11 is 0. The predicted molar refractivity (Wildman–Crippen MR) is 41.2 cm³/mol. The van der Waals surface area contributed by atoms with Crippen LogP contribution >= 0.6 is 0 Å². The Morgan fingerprint density at radius 3 is 2.25 bits per heavy atom. The van der Waals surface area contributed by atoms with Crippen LogP contribution < -0.4 is 0 Å². The molecule has 0 rings (SSSR count). The summed E-state index contributed by atoms with van der Waals surface area (Å²) in [5, 5.41) is 0. The molecule has 0 amide bonds. The van der Waals surface area contributed by atoms with Crippen LogP contribution in [0, 0.1) is 0 Å². The average Bonchev–Trinajstić information content (AvgIpc) is 1.84. The summed E-state index contributed by atoms with van der Waals surface area (Å²) in [6, 6.07) is 0. The summed E-state index contributed by atoms with van der Waals surface area (Å²) in [5.41, 5.74) is 0. The molecule has 0 atom stereocenters. The first-order valence-electron chi connectivity index (χ1n) is 3.38. The van der Waals surface area contributed by atoms with Crippen LogP contribution in [0.15, 0.2) is 12.3 Å². The van der Waals surface area contributed by atoms with E-state index in [0.29, 0.717) is 0 Å². The third-order valence-electron chi connectivity index (χ3n) is 0.911. The summed E-state index contributed by atoms with van der Waals surface area (Å²) in [6.07, 6.45) is 1.88. The lowest BCUT2D eigenvalue weighted by Crippen LogP contribution is -2.01. The molecule has 0 aliphatic rings. The second kappa shape index (κ2) is 5.23. The summed E-state index contributed by atoms with van der Waals surface area (Å²) in [5.74, 6) is -1.09. The van der Waals surface area contributed by atoms with Gasteiger partial charge >= 0.3 is 5.97 Å². The molecule has 0 radical (unpaired) electrons. The van der Waals surface area contributed by atoms with E-state index in [9.17, 15) is 14.4 Å². The summed E-state index contributed by atoms with van der Waals surface area (Å²) in [6.45, 7) is 2.54. The summed E-state index contributed by atoms with van der Waals surface area (Å²) in [7, 11) is 0. The van der Waals surface area contributed by atoms with Gasteiger partial charge in [0.25, 0.3) is 0 Å². The largest absolute Gasteiger partial charge is 0.435 e. The molecule has 0 saturated heterocycles. The third kappa shape index (κ3) is 6.67. The van der Waals surface area contributed by atoms with E-state index in [1.54, 1.807) is 0 Å². The molecule has 4 heteroatoms. The number of esters is 1. The maximum Gasteiger partial charge on any atom is 0.307 e. The first-order chi connectivity index (χ1) is 5.52. The Morgan fingerprint density at radius 2 is 1.83 bits per heavy atom. The van der Waals surface area contributed by atoms with Crippen LogP contribution in [0.2, 0.25) is 0 Å². The van der Waals surface area contributed by atoms with Gasteiger partial charge in [-0.1, -0.05) is 0 Å². The van der Waals surface area contributed by atoms with Crippen LogP contribution in [-0.2, 0) is 19.1 Å². The van der Waals surface area contributed by atoms with Crippen molar-refractivity contribution in [2.75, 3.05) is 0 Å². The van der Waals surface area contributed by atoms with Gasteiger partial charge in [-0.15, -0.1) is 0 Å². The van der Waals surface area contributed by atoms with Crippen molar-refractivity contribution in [3.63, 3.8) is 0 Å². The van der Waals surface area contributed by atoms with Gasteiger partial charge < -0.3 is 4.74 Å². The zero-order chi connectivity index (χ0) is 9.56. The Balaban J connectivity index is 3.76. The van der Waals surface area contributed by atoms with Gasteiger partial charge in [0.15, 0.2) is 5.78 Å². The monoisotopic (exact) mass is 170 g/mol. The highest BCUT2D eigenvalue weighted by Crippen LogP contribution is 1.88. The summed E-state index contributed by atoms with van der Waals surface area (Å²) in [4.78, 5) is 31.3. The molecule has 0 aliphatic carbocycles. The molecular formula is C8H10O4. The Kier molecular flexibility index (Phi) is 4.60. The number of hydrogen-bond donors (Lipinski definition) is 0. The van der Waals surface area contributed by atoms with Crippen LogP contribution in [0.3, 0.4) is 0 Å². The molecule has 0 aromatic heterocycles. The molecule has 66 valence electrons. The minimum Gasteiger partial charge on any atom is -0.435 e. The molecule has 0 saturated carbocycles. The van der Waals surface area contributed by atoms with Gasteiger partial charge in [-0.3, -0.25) is 14.4 Å². The second-order valence-corrected chi connectivity index (χ2v) is 2.26. The van der Waals surface area contributed by atoms with Crippen LogP contribution in [0.5, 0.6) is 0 Å². The molecule has 0 bridgehead atoms. The Morgan fingerprint density at radius 1 is 1.25 bits per heavy atom. The highest BCUT2D eigenvalue weighted by molar-refractivity contribution is 6.03. The summed E-state index contributed by atoms with van der Waals surface area (Å²) < 4.78 is 4.34. The minimum atomic E-state index is -0.498. The molecule has 0 N–H and O–H groups in total. The number of ether oxygens (including phenoxy) is 1. The lowest BCUT2D eigenvalue weighted by molar-refractivity contribution is -0.135. The van der Waals surface area contributed by atoms with E-state index in [2.05, 4.69) is 4.74 Å². The maximum atomic E-state index is 10.7. The predicted octanol–water partition coefficient (Wildman–Crippen LogP) is 0.611. The second-order valence-electron chi connectivity index (χ2n) is 2.26. The van der Waals surface area contributed by atoms with Gasteiger partial charge in [0, 0.05) is 13.0 Å². The minimum absolute atomic E-state index is 0.155. The van der Waals surface area contributed by atoms with E-state index < -0.39 is 5.97 Å². The Bertz CT molecular complexity index is 227. The normalized spacial score (nSPS) is 9.83. The standard InChI is InChI=1S/C8H10O4/c1-6(9)5-8(11)3-4-12-7(2)10/h3-4H,5H2,1-2H3. The van der Waals surface area contributed by atoms with E-state index in [0.717, 1.165) is 12.3 Å². The van der Waals surface area contributed by atoms with Crippen molar-refractivity contribution in [2.24, 2.45) is 0 Å². The fraction of sp³-hybridized carbons (Fsp3) is 0.375. The van der Waals surface area contributed by atoms with Gasteiger partial charge in [-0.2, -0.15) is 0 Å². The van der Waals surface area contributed by atoms with Crippen molar-refractivity contribution in [3.8, 4) is 0 Å². The first-order valence-corrected chi connectivity index (χ1v) is 3.38. The number of allylic oxidation sites excluding steroid dienone is 1. The fourth-order valence-corrected chi connectivity index (χ4v) is 0.510. The first kappa shape index (κ1) is 10.6. The van der Waals surface area contributed by atoms with E-state index in [-0.39, 0.29) is 18.0 Å². The van der Waals surface area contributed by atoms with Gasteiger partial charge in [-0.05, 0) is 6.92 Å². The molecule has 0 spiro atoms. The van der Waals surface area contributed by atoms with Gasteiger partial charge in [0.2, 0.25) is 0 Å². The zero-order valence-electron chi connectivity index (χ0n) is 6.99. The van der Waals surface area contributed by atoms with Gasteiger partial charge in [-0.25, -0.2) is 0 Å². The molecule has 0 fully saturated rings. The molecule has 0 aromatic rings. The number of carbonyl (C=O) groups is 3. The number of Topliss-reactive ketones (excluding diaryl/α,β-unsaturated/α-hetero) is 1. The van der Waals surface area contributed by atoms with Crippen molar-refractivity contribution >= 4 is 17.5 Å². The molecule has 0 aliphatic heterocycles. The zero-order valence-corrected chi connectivity index (χ0v) is 6.99. The Labute approximate surface area is 70.2 Å². The molecule has 0 unspecified atom stereocenters. The number of rotatable bonds is 4. The quantitative estimate of drug-likeness (QED) is 0.268. The van der Waals surface area contributed by atoms with Crippen LogP contribution in [-0.4, -0.2) is 17.5 Å². The van der Waals surface area contributed by atoms with Crippen LogP contribution in [0.4, 0.5) is 0 Å². The molecular weight excluding hydrogens is 160 g/mol. The van der Waals surface area contributed by atoms with E-state index in [1.165, 1.54) is 13.8 Å². The molecule has 4 nitrogen and oxygen atoms in total. The van der Waals surface area contributed by atoms with Crippen molar-refractivity contribution in [1.82, 2.24) is 0 Å². The highest BCUT2D eigenvalue weighted by atomic mass is 16.5. The molecule has 12 heavy (non-hydrogen) atoms. The van der Waals surface area contributed by atoms with E-state index >= 15 is 0 Å². The molecule has 0 heterocycles. The molecule has 0 aromatic carbocycles. The average molecular weight is 170 g/mol. The van der Waals surface area contributed by atoms with Crippen molar-refractivity contribution in [3.05, 3.63) is 12.3 Å². The SMILES string of the molecule is CC(=O)CC(=O)C=COC(C)=O. The maximum absolute atomic E-state index is 10.7. The Hall–Kier alpha value is -1.45. The van der Waals surface area contributed by atoms with Crippen molar-refractivity contribution in [2.45, 2.75) is 20.3 Å². The van der Waals surface area contributed by atoms with Gasteiger partial charge in [0.05, 0.1) is 12.7 Å². The van der Waals surface area contributed by atoms with Crippen molar-refractivity contribution in [1.29, 1.82) is 0 Å². The number of carbonyl (C=O) groups excluding carboxylic acids is 3. The van der Waals surface area contributed by atoms with Crippen LogP contribution in [0.1, 0.15) is 20.3 Å². The van der Waals surface area contributed by atoms with Crippen molar-refractivity contribution < 1.29 is 19.1 Å². The number of hydrogen-bond acceptors (Lipinski definition) is 4. The smallest absolute Gasteiger partial charge is 0.307 e. The topological polar surface area (TPSA) is 60.4 Å². The van der Waals surface area contributed by atoms with Gasteiger partial charge in [0.1, 0.15) is 5.78 Å². The van der Waals surface area contributed by atoms with E-state index in [4.69, 9.17) is 0 Å². The van der Waals surface area contributed by atoms with E-state index in [1.807, 2.05) is 0 Å². The number of ketones is 2. The fourth-order valence-electron chi connectivity index (χ4n) is 0.510. The lowest BCUT2D eigenvalue weighted by Gasteiger charge is -1.90. The highest BCUT2D eigenvalue weighted by Gasteiger charge is 2.00. The van der Waals surface area contributed by atoms with Crippen LogP contribution in [0.25, 0.3) is 0 Å². The third-order valence-corrected chi connectivity index (χ3v) is 0.911. The lowest BCUT2D eigenvalue weighted by atomic mass is 10.2.